The standard InChI is InChI=1S/C18H13FOS/c19-14-7-6-10-16(13-14)21-18-12-5-4-11-17(18)20-15-8-2-1-3-9-15/h1-13H. The Morgan fingerprint density at radius 3 is 2.33 bits per heavy atom. The fourth-order valence-corrected chi connectivity index (χ4v) is 2.82. The molecule has 0 aliphatic carbocycles. The molecule has 3 aromatic carbocycles. The van der Waals surface area contributed by atoms with Crippen molar-refractivity contribution in [2.45, 2.75) is 9.79 Å². The molecule has 0 heterocycles. The molecule has 0 spiro atoms. The Kier molecular flexibility index (Phi) is 4.22. The summed E-state index contributed by atoms with van der Waals surface area (Å²) in [7, 11) is 0. The van der Waals surface area contributed by atoms with Gasteiger partial charge in [-0.2, -0.15) is 0 Å². The number of rotatable bonds is 4. The van der Waals surface area contributed by atoms with Crippen LogP contribution in [-0.4, -0.2) is 0 Å². The molecule has 104 valence electrons. The molecule has 21 heavy (non-hydrogen) atoms. The van der Waals surface area contributed by atoms with Crippen LogP contribution >= 0.6 is 11.8 Å². The molecule has 0 amide bonds. The summed E-state index contributed by atoms with van der Waals surface area (Å²) in [5.41, 5.74) is 0. The number of para-hydroxylation sites is 2. The zero-order valence-corrected chi connectivity index (χ0v) is 12.0. The van der Waals surface area contributed by atoms with Crippen LogP contribution in [0.4, 0.5) is 4.39 Å². The van der Waals surface area contributed by atoms with Gasteiger partial charge in [-0.15, -0.1) is 0 Å². The largest absolute Gasteiger partial charge is 0.456 e. The maximum Gasteiger partial charge on any atom is 0.141 e. The molecule has 0 aliphatic heterocycles. The van der Waals surface area contributed by atoms with Gasteiger partial charge in [0.25, 0.3) is 0 Å². The number of halogens is 1. The summed E-state index contributed by atoms with van der Waals surface area (Å²) in [5, 5.41) is 0. The number of hydrogen-bond acceptors (Lipinski definition) is 2. The van der Waals surface area contributed by atoms with Gasteiger partial charge in [0.05, 0.1) is 4.90 Å². The van der Waals surface area contributed by atoms with Gasteiger partial charge in [-0.1, -0.05) is 48.2 Å². The van der Waals surface area contributed by atoms with Crippen molar-refractivity contribution >= 4 is 11.8 Å². The lowest BCUT2D eigenvalue weighted by atomic mass is 10.3. The molecule has 0 fully saturated rings. The average molecular weight is 296 g/mol. The van der Waals surface area contributed by atoms with Crippen LogP contribution in [0, 0.1) is 5.82 Å². The summed E-state index contributed by atoms with van der Waals surface area (Å²) in [4.78, 5) is 1.80. The van der Waals surface area contributed by atoms with E-state index in [-0.39, 0.29) is 5.82 Å². The highest BCUT2D eigenvalue weighted by atomic mass is 32.2. The Hall–Kier alpha value is -2.26. The van der Waals surface area contributed by atoms with Crippen LogP contribution in [0.15, 0.2) is 88.7 Å². The van der Waals surface area contributed by atoms with Crippen LogP contribution in [0.3, 0.4) is 0 Å². The molecule has 0 atom stereocenters. The van der Waals surface area contributed by atoms with Crippen molar-refractivity contribution in [3.8, 4) is 11.5 Å². The molecule has 0 radical (unpaired) electrons. The van der Waals surface area contributed by atoms with Gasteiger partial charge >= 0.3 is 0 Å². The zero-order chi connectivity index (χ0) is 14.5. The molecular weight excluding hydrogens is 283 g/mol. The van der Waals surface area contributed by atoms with Gasteiger partial charge in [0.15, 0.2) is 0 Å². The quantitative estimate of drug-likeness (QED) is 0.604. The highest BCUT2D eigenvalue weighted by molar-refractivity contribution is 7.99. The van der Waals surface area contributed by atoms with E-state index in [1.165, 1.54) is 23.9 Å². The monoisotopic (exact) mass is 296 g/mol. The third-order valence-electron chi connectivity index (χ3n) is 2.84. The minimum Gasteiger partial charge on any atom is -0.456 e. The molecule has 0 N–H and O–H groups in total. The van der Waals surface area contributed by atoms with Crippen molar-refractivity contribution in [2.24, 2.45) is 0 Å². The predicted molar refractivity (Wildman–Crippen MR) is 83.5 cm³/mol. The Labute approximate surface area is 127 Å². The van der Waals surface area contributed by atoms with Crippen molar-refractivity contribution in [3.05, 3.63) is 84.7 Å². The summed E-state index contributed by atoms with van der Waals surface area (Å²) in [5.74, 6) is 1.31. The topological polar surface area (TPSA) is 9.23 Å². The van der Waals surface area contributed by atoms with E-state index in [1.807, 2.05) is 60.7 Å². The minimum absolute atomic E-state index is 0.235. The van der Waals surface area contributed by atoms with Crippen LogP contribution in [0.25, 0.3) is 0 Å². The molecule has 0 saturated carbocycles. The lowest BCUT2D eigenvalue weighted by molar-refractivity contribution is 0.471. The molecule has 0 aliphatic rings. The van der Waals surface area contributed by atoms with Crippen LogP contribution in [0.5, 0.6) is 11.5 Å². The van der Waals surface area contributed by atoms with Crippen LogP contribution in [-0.2, 0) is 0 Å². The van der Waals surface area contributed by atoms with Crippen molar-refractivity contribution in [2.75, 3.05) is 0 Å². The van der Waals surface area contributed by atoms with Gasteiger partial charge in [0, 0.05) is 4.90 Å². The number of hydrogen-bond donors (Lipinski definition) is 0. The Morgan fingerprint density at radius 1 is 0.762 bits per heavy atom. The number of ether oxygens (including phenoxy) is 1. The van der Waals surface area contributed by atoms with E-state index < -0.39 is 0 Å². The smallest absolute Gasteiger partial charge is 0.141 e. The first-order chi connectivity index (χ1) is 10.3. The van der Waals surface area contributed by atoms with E-state index >= 15 is 0 Å². The van der Waals surface area contributed by atoms with Crippen LogP contribution < -0.4 is 4.74 Å². The molecule has 0 unspecified atom stereocenters. The molecule has 0 aromatic heterocycles. The highest BCUT2D eigenvalue weighted by Gasteiger charge is 2.06. The fourth-order valence-electron chi connectivity index (χ4n) is 1.89. The van der Waals surface area contributed by atoms with Crippen molar-refractivity contribution in [1.29, 1.82) is 0 Å². The van der Waals surface area contributed by atoms with Gasteiger partial charge < -0.3 is 4.74 Å². The maximum atomic E-state index is 13.3. The lowest BCUT2D eigenvalue weighted by Crippen LogP contribution is -1.86. The molecule has 3 aromatic rings. The second-order valence-corrected chi connectivity index (χ2v) is 5.54. The van der Waals surface area contributed by atoms with Crippen molar-refractivity contribution in [3.63, 3.8) is 0 Å². The van der Waals surface area contributed by atoms with Crippen LogP contribution in [0.1, 0.15) is 0 Å². The minimum atomic E-state index is -0.235. The molecule has 3 heteroatoms. The van der Waals surface area contributed by atoms with Crippen molar-refractivity contribution < 1.29 is 9.13 Å². The maximum absolute atomic E-state index is 13.3. The van der Waals surface area contributed by atoms with Crippen LogP contribution in [0.2, 0.25) is 0 Å². The molecule has 1 nitrogen and oxygen atoms in total. The van der Waals surface area contributed by atoms with Crippen molar-refractivity contribution in [1.82, 2.24) is 0 Å². The first kappa shape index (κ1) is 13.7. The lowest BCUT2D eigenvalue weighted by Gasteiger charge is -2.10. The summed E-state index contributed by atoms with van der Waals surface area (Å²) in [6.45, 7) is 0. The van der Waals surface area contributed by atoms with Gasteiger partial charge in [-0.05, 0) is 42.5 Å². The normalized spacial score (nSPS) is 10.3. The van der Waals surface area contributed by atoms with E-state index in [1.54, 1.807) is 6.07 Å². The summed E-state index contributed by atoms with van der Waals surface area (Å²) < 4.78 is 19.2. The summed E-state index contributed by atoms with van der Waals surface area (Å²) in [6.07, 6.45) is 0. The molecule has 0 saturated heterocycles. The predicted octanol–water partition coefficient (Wildman–Crippen LogP) is 5.77. The van der Waals surface area contributed by atoms with E-state index in [0.29, 0.717) is 0 Å². The first-order valence-electron chi connectivity index (χ1n) is 6.56. The van der Waals surface area contributed by atoms with E-state index in [9.17, 15) is 4.39 Å². The molecule has 0 bridgehead atoms. The van der Waals surface area contributed by atoms with Gasteiger partial charge in [0.2, 0.25) is 0 Å². The zero-order valence-electron chi connectivity index (χ0n) is 11.2. The molecular formula is C18H13FOS. The summed E-state index contributed by atoms with van der Waals surface area (Å²) in [6, 6.07) is 23.9. The van der Waals surface area contributed by atoms with Gasteiger partial charge in [-0.3, -0.25) is 0 Å². The Bertz CT molecular complexity index is 728. The number of benzene rings is 3. The van der Waals surface area contributed by atoms with Gasteiger partial charge in [0.1, 0.15) is 17.3 Å². The van der Waals surface area contributed by atoms with E-state index in [4.69, 9.17) is 4.74 Å². The first-order valence-corrected chi connectivity index (χ1v) is 7.38. The third-order valence-corrected chi connectivity index (χ3v) is 3.89. The third kappa shape index (κ3) is 3.64. The second-order valence-electron chi connectivity index (χ2n) is 4.42. The fraction of sp³-hybridized carbons (Fsp3) is 0. The Balaban J connectivity index is 1.86. The van der Waals surface area contributed by atoms with E-state index in [0.717, 1.165) is 21.3 Å². The van der Waals surface area contributed by atoms with E-state index in [2.05, 4.69) is 0 Å². The summed E-state index contributed by atoms with van der Waals surface area (Å²) >= 11 is 1.48. The molecule has 3 rings (SSSR count). The average Bonchev–Trinajstić information content (AvgIpc) is 2.50. The SMILES string of the molecule is Fc1cccc(Sc2ccccc2Oc2ccccc2)c1. The highest BCUT2D eigenvalue weighted by Crippen LogP contribution is 2.36. The second kappa shape index (κ2) is 6.46. The van der Waals surface area contributed by atoms with Gasteiger partial charge in [-0.25, -0.2) is 4.39 Å². The Morgan fingerprint density at radius 2 is 1.52 bits per heavy atom.